The number of pyridine rings is 1. The summed E-state index contributed by atoms with van der Waals surface area (Å²) in [5.41, 5.74) is -0.574. The second-order valence-electron chi connectivity index (χ2n) is 10.5. The van der Waals surface area contributed by atoms with E-state index in [1.807, 2.05) is 20.8 Å². The fraction of sp³-hybridized carbons (Fsp3) is 0.538. The lowest BCUT2D eigenvalue weighted by molar-refractivity contribution is -0.139. The van der Waals surface area contributed by atoms with Crippen LogP contribution in [0.3, 0.4) is 0 Å². The summed E-state index contributed by atoms with van der Waals surface area (Å²) in [4.78, 5) is 26.2. The van der Waals surface area contributed by atoms with Crippen LogP contribution in [0.25, 0.3) is 22.3 Å². The number of amides is 1. The number of likely N-dealkylation sites (tertiary alicyclic amines) is 1. The van der Waals surface area contributed by atoms with E-state index in [1.165, 1.54) is 6.20 Å². The second kappa shape index (κ2) is 11.0. The maximum absolute atomic E-state index is 13.9. The SMILES string of the molecule is Cn1ccc2c(-c3cnc(OCCCC[C@H]4CCN(C(=O)OC(C)(C)C)C4)c(C(F)(F)F)c3)nc(Cl)nc21. The fourth-order valence-electron chi connectivity index (χ4n) is 4.49. The summed E-state index contributed by atoms with van der Waals surface area (Å²) in [6.45, 7) is 6.86. The average Bonchev–Trinajstić information content (AvgIpc) is 3.44. The van der Waals surface area contributed by atoms with Crippen molar-refractivity contribution in [2.24, 2.45) is 13.0 Å². The molecular formula is C26H31ClF3N5O3. The van der Waals surface area contributed by atoms with E-state index in [4.69, 9.17) is 21.1 Å². The van der Waals surface area contributed by atoms with Gasteiger partial charge >= 0.3 is 12.3 Å². The summed E-state index contributed by atoms with van der Waals surface area (Å²) in [6, 6.07) is 2.70. The van der Waals surface area contributed by atoms with Crippen molar-refractivity contribution in [2.45, 2.75) is 58.2 Å². The first-order chi connectivity index (χ1) is 17.8. The van der Waals surface area contributed by atoms with Crippen molar-refractivity contribution >= 4 is 28.7 Å². The van der Waals surface area contributed by atoms with Crippen molar-refractivity contribution < 1.29 is 27.4 Å². The molecule has 3 aromatic heterocycles. The van der Waals surface area contributed by atoms with E-state index >= 15 is 0 Å². The van der Waals surface area contributed by atoms with E-state index in [1.54, 1.807) is 28.8 Å². The summed E-state index contributed by atoms with van der Waals surface area (Å²) < 4.78 is 54.3. The Morgan fingerprint density at radius 3 is 2.68 bits per heavy atom. The molecule has 3 aromatic rings. The molecule has 0 spiro atoms. The Morgan fingerprint density at radius 1 is 1.21 bits per heavy atom. The first-order valence-corrected chi connectivity index (χ1v) is 12.9. The molecule has 0 bridgehead atoms. The van der Waals surface area contributed by atoms with Crippen LogP contribution in [0.5, 0.6) is 5.88 Å². The van der Waals surface area contributed by atoms with Crippen LogP contribution in [0.4, 0.5) is 18.0 Å². The van der Waals surface area contributed by atoms with Gasteiger partial charge in [-0.2, -0.15) is 18.2 Å². The van der Waals surface area contributed by atoms with Gasteiger partial charge in [0.05, 0.1) is 12.3 Å². The van der Waals surface area contributed by atoms with Gasteiger partial charge in [-0.25, -0.2) is 14.8 Å². The van der Waals surface area contributed by atoms with Crippen LogP contribution in [0, 0.1) is 5.92 Å². The first kappa shape index (κ1) is 27.9. The lowest BCUT2D eigenvalue weighted by Gasteiger charge is -2.24. The lowest BCUT2D eigenvalue weighted by atomic mass is 10.0. The van der Waals surface area contributed by atoms with Gasteiger partial charge in [-0.05, 0) is 76.1 Å². The van der Waals surface area contributed by atoms with Gasteiger partial charge in [0.1, 0.15) is 16.8 Å². The average molecular weight is 554 g/mol. The Balaban J connectivity index is 1.36. The molecule has 1 amide bonds. The third-order valence-electron chi connectivity index (χ3n) is 6.31. The summed E-state index contributed by atoms with van der Waals surface area (Å²) in [5.74, 6) is -0.136. The van der Waals surface area contributed by atoms with Gasteiger partial charge in [-0.1, -0.05) is 0 Å². The van der Waals surface area contributed by atoms with Gasteiger partial charge in [-0.15, -0.1) is 0 Å². The van der Waals surface area contributed by atoms with Crippen LogP contribution in [0.2, 0.25) is 5.28 Å². The molecular weight excluding hydrogens is 523 g/mol. The molecule has 1 aliphatic heterocycles. The number of alkyl halides is 3. The minimum atomic E-state index is -4.67. The quantitative estimate of drug-likeness (QED) is 0.245. The zero-order chi connectivity index (χ0) is 27.7. The fourth-order valence-corrected chi connectivity index (χ4v) is 4.66. The molecule has 1 aliphatic rings. The van der Waals surface area contributed by atoms with Gasteiger partial charge < -0.3 is 18.9 Å². The molecule has 12 heteroatoms. The Hall–Kier alpha value is -3.08. The van der Waals surface area contributed by atoms with Crippen LogP contribution in [-0.4, -0.2) is 55.8 Å². The molecule has 8 nitrogen and oxygen atoms in total. The van der Waals surface area contributed by atoms with Crippen LogP contribution >= 0.6 is 11.6 Å². The van der Waals surface area contributed by atoms with E-state index < -0.39 is 23.2 Å². The Kier molecular flexibility index (Phi) is 8.06. The molecule has 0 unspecified atom stereocenters. The number of aryl methyl sites for hydroxylation is 1. The molecule has 0 radical (unpaired) electrons. The molecule has 0 aromatic carbocycles. The molecule has 1 fully saturated rings. The standard InChI is InChI=1S/C26H31ClF3N5O3/c1-25(2,3)38-24(36)35-11-8-16(15-35)7-5-6-12-37-22-19(26(28,29)30)13-17(14-31-22)20-18-9-10-34(4)21(18)33-23(27)32-20/h9-10,13-14,16H,5-8,11-12,15H2,1-4H3/t16-/m0/s1. The number of hydrogen-bond acceptors (Lipinski definition) is 6. The third kappa shape index (κ3) is 6.67. The number of carbonyl (C=O) groups is 1. The zero-order valence-electron chi connectivity index (χ0n) is 21.8. The smallest absolute Gasteiger partial charge is 0.421 e. The molecule has 38 heavy (non-hydrogen) atoms. The van der Waals surface area contributed by atoms with Crippen molar-refractivity contribution in [3.8, 4) is 17.1 Å². The summed E-state index contributed by atoms with van der Waals surface area (Å²) >= 11 is 6.03. The number of fused-ring (bicyclic) bond motifs is 1. The van der Waals surface area contributed by atoms with Crippen molar-refractivity contribution in [3.63, 3.8) is 0 Å². The first-order valence-electron chi connectivity index (χ1n) is 12.5. The molecule has 4 rings (SSSR count). The number of aromatic nitrogens is 4. The molecule has 4 heterocycles. The minimum Gasteiger partial charge on any atom is -0.477 e. The number of unbranched alkanes of at least 4 members (excludes halogenated alkanes) is 1. The van der Waals surface area contributed by atoms with Gasteiger partial charge in [0.15, 0.2) is 0 Å². The number of carbonyl (C=O) groups excluding carboxylic acids is 1. The zero-order valence-corrected chi connectivity index (χ0v) is 22.6. The van der Waals surface area contributed by atoms with E-state index in [9.17, 15) is 18.0 Å². The Morgan fingerprint density at radius 2 is 1.97 bits per heavy atom. The highest BCUT2D eigenvalue weighted by Gasteiger charge is 2.36. The number of rotatable bonds is 7. The molecule has 206 valence electrons. The van der Waals surface area contributed by atoms with Crippen LogP contribution in [0.1, 0.15) is 52.0 Å². The topological polar surface area (TPSA) is 82.4 Å². The predicted octanol–water partition coefficient (Wildman–Crippen LogP) is 6.51. The van der Waals surface area contributed by atoms with Crippen molar-refractivity contribution in [1.29, 1.82) is 0 Å². The van der Waals surface area contributed by atoms with Gasteiger partial charge in [-0.3, -0.25) is 0 Å². The van der Waals surface area contributed by atoms with Crippen LogP contribution < -0.4 is 4.74 Å². The maximum Gasteiger partial charge on any atom is 0.421 e. The molecule has 0 aliphatic carbocycles. The Bertz CT molecular complexity index is 1310. The summed E-state index contributed by atoms with van der Waals surface area (Å²) in [6.07, 6.45) is 1.11. The summed E-state index contributed by atoms with van der Waals surface area (Å²) in [5, 5.41) is 0.498. The highest BCUT2D eigenvalue weighted by molar-refractivity contribution is 6.28. The van der Waals surface area contributed by atoms with Crippen molar-refractivity contribution in [3.05, 3.63) is 35.4 Å². The van der Waals surface area contributed by atoms with Crippen molar-refractivity contribution in [1.82, 2.24) is 24.4 Å². The highest BCUT2D eigenvalue weighted by atomic mass is 35.5. The molecule has 1 saturated heterocycles. The van der Waals surface area contributed by atoms with E-state index in [0.29, 0.717) is 36.5 Å². The normalized spacial score (nSPS) is 16.3. The Labute approximate surface area is 224 Å². The largest absolute Gasteiger partial charge is 0.477 e. The minimum absolute atomic E-state index is 0.0698. The lowest BCUT2D eigenvalue weighted by Crippen LogP contribution is -2.35. The number of halogens is 4. The van der Waals surface area contributed by atoms with Crippen LogP contribution in [0.15, 0.2) is 24.5 Å². The third-order valence-corrected chi connectivity index (χ3v) is 6.48. The predicted molar refractivity (Wildman–Crippen MR) is 137 cm³/mol. The van der Waals surface area contributed by atoms with Crippen LogP contribution in [-0.2, 0) is 18.0 Å². The van der Waals surface area contributed by atoms with E-state index in [0.717, 1.165) is 25.3 Å². The van der Waals surface area contributed by atoms with Gasteiger partial charge in [0.25, 0.3) is 0 Å². The summed E-state index contributed by atoms with van der Waals surface area (Å²) in [7, 11) is 1.76. The molecule has 0 N–H and O–H groups in total. The number of ether oxygens (including phenoxy) is 2. The maximum atomic E-state index is 13.9. The van der Waals surface area contributed by atoms with E-state index in [-0.39, 0.29) is 29.2 Å². The monoisotopic (exact) mass is 553 g/mol. The second-order valence-corrected chi connectivity index (χ2v) is 10.8. The van der Waals surface area contributed by atoms with E-state index in [2.05, 4.69) is 15.0 Å². The van der Waals surface area contributed by atoms with Gasteiger partial charge in [0.2, 0.25) is 11.2 Å². The van der Waals surface area contributed by atoms with Crippen molar-refractivity contribution in [2.75, 3.05) is 19.7 Å². The number of hydrogen-bond donors (Lipinski definition) is 0. The highest BCUT2D eigenvalue weighted by Crippen LogP contribution is 2.38. The van der Waals surface area contributed by atoms with Gasteiger partial charge in [0, 0.05) is 43.5 Å². The number of nitrogens with zero attached hydrogens (tertiary/aromatic N) is 5. The molecule has 1 atom stereocenters. The molecule has 0 saturated carbocycles.